The minimum atomic E-state index is -0.193. The molecule has 2 aromatic heterocycles. The third-order valence-electron chi connectivity index (χ3n) is 4.66. The number of hydrogen-bond donors (Lipinski definition) is 1. The quantitative estimate of drug-likeness (QED) is 0.550. The summed E-state index contributed by atoms with van der Waals surface area (Å²) in [5, 5.41) is 3.95. The second-order valence-electron chi connectivity index (χ2n) is 8.10. The van der Waals surface area contributed by atoms with Crippen LogP contribution in [0.15, 0.2) is 18.2 Å². The van der Waals surface area contributed by atoms with Crippen LogP contribution >= 0.6 is 11.3 Å². The van der Waals surface area contributed by atoms with Gasteiger partial charge in [0, 0.05) is 16.9 Å². The maximum absolute atomic E-state index is 13.2. The summed E-state index contributed by atoms with van der Waals surface area (Å²) < 4.78 is 11.3. The van der Waals surface area contributed by atoms with Crippen LogP contribution in [0.2, 0.25) is 0 Å². The first kappa shape index (κ1) is 22.0. The highest BCUT2D eigenvalue weighted by Gasteiger charge is 2.24. The molecule has 0 spiro atoms. The standard InChI is InChI=1S/C23H29N3O3S/c1-8-28-15-10-11-17(29-9-2)16(12-15)25-20(27)19-13(3)18-14(4)24-22(23(5,6)7)26-21(18)30-19/h10-12H,8-9H2,1-7H3,(H,25,27). The summed E-state index contributed by atoms with van der Waals surface area (Å²) in [7, 11) is 0. The van der Waals surface area contributed by atoms with Crippen molar-refractivity contribution in [2.24, 2.45) is 0 Å². The van der Waals surface area contributed by atoms with E-state index in [1.54, 1.807) is 6.07 Å². The van der Waals surface area contributed by atoms with Crippen molar-refractivity contribution in [1.82, 2.24) is 9.97 Å². The first-order chi connectivity index (χ1) is 14.2. The molecule has 0 saturated heterocycles. The zero-order valence-corrected chi connectivity index (χ0v) is 19.5. The number of rotatable bonds is 6. The van der Waals surface area contributed by atoms with E-state index in [4.69, 9.17) is 14.5 Å². The van der Waals surface area contributed by atoms with Crippen molar-refractivity contribution in [3.8, 4) is 11.5 Å². The molecule has 7 heteroatoms. The molecule has 3 rings (SSSR count). The number of carbonyl (C=O) groups excluding carboxylic acids is 1. The molecule has 0 aliphatic carbocycles. The Morgan fingerprint density at radius 2 is 1.80 bits per heavy atom. The van der Waals surface area contributed by atoms with E-state index in [0.717, 1.165) is 27.3 Å². The van der Waals surface area contributed by atoms with E-state index in [1.807, 2.05) is 39.8 Å². The van der Waals surface area contributed by atoms with Gasteiger partial charge in [0.25, 0.3) is 5.91 Å². The molecule has 1 N–H and O–H groups in total. The predicted molar refractivity (Wildman–Crippen MR) is 122 cm³/mol. The molecule has 30 heavy (non-hydrogen) atoms. The summed E-state index contributed by atoms with van der Waals surface area (Å²) in [5.74, 6) is 1.88. The monoisotopic (exact) mass is 427 g/mol. The van der Waals surface area contributed by atoms with E-state index in [2.05, 4.69) is 31.1 Å². The second-order valence-corrected chi connectivity index (χ2v) is 9.10. The van der Waals surface area contributed by atoms with Crippen LogP contribution in [0.4, 0.5) is 5.69 Å². The third-order valence-corrected chi connectivity index (χ3v) is 5.84. The number of carbonyl (C=O) groups is 1. The van der Waals surface area contributed by atoms with Crippen LogP contribution in [0.25, 0.3) is 10.2 Å². The van der Waals surface area contributed by atoms with Gasteiger partial charge in [0.15, 0.2) is 0 Å². The molecule has 0 aliphatic rings. The number of nitrogens with one attached hydrogen (secondary N) is 1. The van der Waals surface area contributed by atoms with Crippen LogP contribution in [0.1, 0.15) is 61.4 Å². The van der Waals surface area contributed by atoms with E-state index in [-0.39, 0.29) is 11.3 Å². The van der Waals surface area contributed by atoms with Crippen molar-refractivity contribution in [2.45, 2.75) is 53.9 Å². The number of ether oxygens (including phenoxy) is 2. The molecule has 0 fully saturated rings. The molecule has 1 amide bonds. The van der Waals surface area contributed by atoms with Gasteiger partial charge in [-0.1, -0.05) is 20.8 Å². The molecule has 0 unspecified atom stereocenters. The first-order valence-electron chi connectivity index (χ1n) is 10.1. The third kappa shape index (κ3) is 4.41. The van der Waals surface area contributed by atoms with E-state index in [0.29, 0.717) is 35.3 Å². The van der Waals surface area contributed by atoms with Crippen molar-refractivity contribution < 1.29 is 14.3 Å². The Morgan fingerprint density at radius 1 is 1.10 bits per heavy atom. The number of amides is 1. The molecule has 2 heterocycles. The maximum atomic E-state index is 13.2. The Balaban J connectivity index is 2.00. The van der Waals surface area contributed by atoms with Gasteiger partial charge in [0.05, 0.1) is 29.5 Å². The zero-order valence-electron chi connectivity index (χ0n) is 18.7. The SMILES string of the molecule is CCOc1ccc(OCC)c(NC(=O)c2sc3nc(C(C)(C)C)nc(C)c3c2C)c1. The molecule has 0 radical (unpaired) electrons. The number of aryl methyl sites for hydroxylation is 2. The maximum Gasteiger partial charge on any atom is 0.266 e. The fourth-order valence-corrected chi connectivity index (χ4v) is 4.34. The number of hydrogen-bond acceptors (Lipinski definition) is 6. The van der Waals surface area contributed by atoms with Crippen molar-refractivity contribution in [3.05, 3.63) is 40.2 Å². The summed E-state index contributed by atoms with van der Waals surface area (Å²) in [4.78, 5) is 24.1. The Hall–Kier alpha value is -2.67. The fourth-order valence-electron chi connectivity index (χ4n) is 3.21. The highest BCUT2D eigenvalue weighted by molar-refractivity contribution is 7.20. The zero-order chi connectivity index (χ0) is 22.1. The van der Waals surface area contributed by atoms with Crippen molar-refractivity contribution >= 4 is 33.1 Å². The summed E-state index contributed by atoms with van der Waals surface area (Å²) in [5.41, 5.74) is 2.21. The lowest BCUT2D eigenvalue weighted by molar-refractivity contribution is 0.102. The molecule has 0 atom stereocenters. The molecule has 0 bridgehead atoms. The Bertz CT molecular complexity index is 1080. The predicted octanol–water partition coefficient (Wildman–Crippen LogP) is 5.66. The van der Waals surface area contributed by atoms with Gasteiger partial charge in [-0.05, 0) is 45.4 Å². The normalized spacial score (nSPS) is 11.6. The Kier molecular flexibility index (Phi) is 6.31. The van der Waals surface area contributed by atoms with Crippen LogP contribution in [-0.4, -0.2) is 29.1 Å². The van der Waals surface area contributed by atoms with Crippen LogP contribution in [0, 0.1) is 13.8 Å². The number of anilines is 1. The molecular formula is C23H29N3O3S. The number of fused-ring (bicyclic) bond motifs is 1. The lowest BCUT2D eigenvalue weighted by atomic mass is 9.95. The van der Waals surface area contributed by atoms with Crippen LogP contribution in [0.3, 0.4) is 0 Å². The highest BCUT2D eigenvalue weighted by atomic mass is 32.1. The molecular weight excluding hydrogens is 398 g/mol. The summed E-state index contributed by atoms with van der Waals surface area (Å²) >= 11 is 1.39. The lowest BCUT2D eigenvalue weighted by Gasteiger charge is -2.16. The highest BCUT2D eigenvalue weighted by Crippen LogP contribution is 2.35. The molecule has 1 aromatic carbocycles. The van der Waals surface area contributed by atoms with Crippen molar-refractivity contribution in [1.29, 1.82) is 0 Å². The molecule has 3 aromatic rings. The topological polar surface area (TPSA) is 73.3 Å². The summed E-state index contributed by atoms with van der Waals surface area (Å²) in [6.45, 7) is 15.1. The molecule has 160 valence electrons. The number of benzene rings is 1. The fraction of sp³-hybridized carbons (Fsp3) is 0.435. The molecule has 6 nitrogen and oxygen atoms in total. The minimum Gasteiger partial charge on any atom is -0.494 e. The number of thiophene rings is 1. The van der Waals surface area contributed by atoms with Gasteiger partial charge in [-0.2, -0.15) is 0 Å². The number of aromatic nitrogens is 2. The second kappa shape index (κ2) is 8.60. The molecule has 0 saturated carbocycles. The van der Waals surface area contributed by atoms with Crippen LogP contribution in [0.5, 0.6) is 11.5 Å². The van der Waals surface area contributed by atoms with E-state index in [9.17, 15) is 4.79 Å². The Labute approximate surface area is 181 Å². The average Bonchev–Trinajstić information content (AvgIpc) is 3.01. The Morgan fingerprint density at radius 3 is 2.43 bits per heavy atom. The lowest BCUT2D eigenvalue weighted by Crippen LogP contribution is -2.16. The van der Waals surface area contributed by atoms with Gasteiger partial charge in [-0.3, -0.25) is 4.79 Å². The largest absolute Gasteiger partial charge is 0.494 e. The van der Waals surface area contributed by atoms with Gasteiger partial charge >= 0.3 is 0 Å². The average molecular weight is 428 g/mol. The van der Waals surface area contributed by atoms with Crippen LogP contribution in [-0.2, 0) is 5.41 Å². The van der Waals surface area contributed by atoms with Gasteiger partial charge in [-0.15, -0.1) is 11.3 Å². The van der Waals surface area contributed by atoms with Crippen molar-refractivity contribution in [3.63, 3.8) is 0 Å². The molecule has 0 aliphatic heterocycles. The minimum absolute atomic E-state index is 0.161. The smallest absolute Gasteiger partial charge is 0.266 e. The van der Waals surface area contributed by atoms with Gasteiger partial charge < -0.3 is 14.8 Å². The first-order valence-corrected chi connectivity index (χ1v) is 11.0. The van der Waals surface area contributed by atoms with E-state index < -0.39 is 0 Å². The van der Waals surface area contributed by atoms with Crippen LogP contribution < -0.4 is 14.8 Å². The van der Waals surface area contributed by atoms with Gasteiger partial charge in [0.1, 0.15) is 22.2 Å². The van der Waals surface area contributed by atoms with Gasteiger partial charge in [-0.25, -0.2) is 9.97 Å². The summed E-state index contributed by atoms with van der Waals surface area (Å²) in [6, 6.07) is 5.44. The van der Waals surface area contributed by atoms with E-state index >= 15 is 0 Å². The summed E-state index contributed by atoms with van der Waals surface area (Å²) in [6.07, 6.45) is 0. The number of nitrogens with zero attached hydrogens (tertiary/aromatic N) is 2. The van der Waals surface area contributed by atoms with E-state index in [1.165, 1.54) is 11.3 Å². The van der Waals surface area contributed by atoms with Gasteiger partial charge in [0.2, 0.25) is 0 Å². The van der Waals surface area contributed by atoms with Crippen molar-refractivity contribution in [2.75, 3.05) is 18.5 Å².